The monoisotopic (exact) mass is 298 g/mol. The molecule has 1 aromatic rings. The zero-order valence-electron chi connectivity index (χ0n) is 11.9. The Kier molecular flexibility index (Phi) is 6.46. The van der Waals surface area contributed by atoms with Crippen molar-refractivity contribution < 1.29 is 14.3 Å². The van der Waals surface area contributed by atoms with E-state index in [0.29, 0.717) is 32.9 Å². The molecule has 0 bridgehead atoms. The molecule has 0 saturated heterocycles. The highest BCUT2D eigenvalue weighted by atomic mass is 32.1. The van der Waals surface area contributed by atoms with Crippen molar-refractivity contribution in [3.63, 3.8) is 0 Å². The molecule has 0 unspecified atom stereocenters. The maximum Gasteiger partial charge on any atom is 0.236 e. The Bertz CT molecular complexity index is 422. The van der Waals surface area contributed by atoms with Gasteiger partial charge in [0.1, 0.15) is 0 Å². The smallest absolute Gasteiger partial charge is 0.236 e. The van der Waals surface area contributed by atoms with Crippen LogP contribution in [0.25, 0.3) is 0 Å². The van der Waals surface area contributed by atoms with Gasteiger partial charge < -0.3 is 19.7 Å². The summed E-state index contributed by atoms with van der Waals surface area (Å²) in [7, 11) is 1.65. The highest BCUT2D eigenvalue weighted by Crippen LogP contribution is 2.23. The first-order chi connectivity index (χ1) is 9.81. The second kappa shape index (κ2) is 8.36. The van der Waals surface area contributed by atoms with E-state index < -0.39 is 0 Å². The number of nitrogens with zero attached hydrogens (tertiary/aromatic N) is 1. The third kappa shape index (κ3) is 4.56. The van der Waals surface area contributed by atoms with Gasteiger partial charge in [-0.2, -0.15) is 0 Å². The van der Waals surface area contributed by atoms with Crippen molar-refractivity contribution in [2.45, 2.75) is 13.0 Å². The number of amides is 1. The van der Waals surface area contributed by atoms with Crippen LogP contribution in [0, 0.1) is 0 Å². The van der Waals surface area contributed by atoms with Gasteiger partial charge >= 0.3 is 0 Å². The van der Waals surface area contributed by atoms with Crippen LogP contribution >= 0.6 is 11.3 Å². The fourth-order valence-electron chi connectivity index (χ4n) is 2.16. The van der Waals surface area contributed by atoms with E-state index >= 15 is 0 Å². The molecule has 2 heterocycles. The highest BCUT2D eigenvalue weighted by molar-refractivity contribution is 7.10. The minimum absolute atomic E-state index is 0.166. The van der Waals surface area contributed by atoms with E-state index in [-0.39, 0.29) is 5.91 Å². The molecule has 112 valence electrons. The second-order valence-electron chi connectivity index (χ2n) is 4.72. The molecule has 1 amide bonds. The van der Waals surface area contributed by atoms with Gasteiger partial charge in [-0.1, -0.05) is 0 Å². The number of ether oxygens (including phenoxy) is 2. The molecule has 20 heavy (non-hydrogen) atoms. The van der Waals surface area contributed by atoms with Crippen LogP contribution in [0.4, 0.5) is 0 Å². The number of nitrogens with one attached hydrogen (secondary N) is 1. The Morgan fingerprint density at radius 1 is 1.45 bits per heavy atom. The van der Waals surface area contributed by atoms with Crippen LogP contribution in [0.15, 0.2) is 11.4 Å². The Hall–Kier alpha value is -0.950. The number of methoxy groups -OCH3 is 1. The number of rotatable bonds is 8. The summed E-state index contributed by atoms with van der Waals surface area (Å²) in [5.74, 6) is 0.166. The maximum absolute atomic E-state index is 12.1. The molecular weight excluding hydrogens is 276 g/mol. The van der Waals surface area contributed by atoms with E-state index in [4.69, 9.17) is 9.47 Å². The minimum atomic E-state index is 0.166. The predicted molar refractivity (Wildman–Crippen MR) is 79.0 cm³/mol. The lowest BCUT2D eigenvalue weighted by molar-refractivity contribution is -0.131. The summed E-state index contributed by atoms with van der Waals surface area (Å²) in [6.07, 6.45) is 0.985. The van der Waals surface area contributed by atoms with Gasteiger partial charge in [-0.15, -0.1) is 11.3 Å². The molecule has 0 aliphatic carbocycles. The number of hydrogen-bond donors (Lipinski definition) is 1. The number of carbonyl (C=O) groups excluding carboxylic acids is 1. The molecule has 6 heteroatoms. The van der Waals surface area contributed by atoms with Gasteiger partial charge in [-0.3, -0.25) is 4.79 Å². The summed E-state index contributed by atoms with van der Waals surface area (Å²) in [5, 5.41) is 5.23. The molecule has 0 fully saturated rings. The Labute approximate surface area is 123 Å². The third-order valence-electron chi connectivity index (χ3n) is 3.29. The lowest BCUT2D eigenvalue weighted by atomic mass is 10.1. The Morgan fingerprint density at radius 2 is 2.35 bits per heavy atom. The van der Waals surface area contributed by atoms with E-state index in [1.54, 1.807) is 18.4 Å². The number of fused-ring (bicyclic) bond motifs is 1. The second-order valence-corrected chi connectivity index (χ2v) is 5.72. The van der Waals surface area contributed by atoms with Crippen LogP contribution in [-0.2, 0) is 27.2 Å². The summed E-state index contributed by atoms with van der Waals surface area (Å²) in [5.41, 5.74) is 1.30. The lowest BCUT2D eigenvalue weighted by Gasteiger charge is -2.27. The molecule has 0 spiro atoms. The molecule has 1 N–H and O–H groups in total. The van der Waals surface area contributed by atoms with Gasteiger partial charge in [0.25, 0.3) is 0 Å². The minimum Gasteiger partial charge on any atom is -0.382 e. The zero-order valence-corrected chi connectivity index (χ0v) is 12.7. The number of carbonyl (C=O) groups is 1. The molecule has 5 nitrogen and oxygen atoms in total. The fraction of sp³-hybridized carbons (Fsp3) is 0.643. The molecule has 0 aromatic carbocycles. The van der Waals surface area contributed by atoms with Gasteiger partial charge in [0.15, 0.2) is 0 Å². The molecule has 2 rings (SSSR count). The largest absolute Gasteiger partial charge is 0.382 e. The molecule has 0 radical (unpaired) electrons. The van der Waals surface area contributed by atoms with Crippen LogP contribution in [0.2, 0.25) is 0 Å². The topological polar surface area (TPSA) is 50.8 Å². The van der Waals surface area contributed by atoms with E-state index in [2.05, 4.69) is 16.8 Å². The van der Waals surface area contributed by atoms with Gasteiger partial charge in [0, 0.05) is 31.6 Å². The summed E-state index contributed by atoms with van der Waals surface area (Å²) in [6.45, 7) is 4.46. The Balaban J connectivity index is 1.59. The van der Waals surface area contributed by atoms with Crippen LogP contribution in [0.5, 0.6) is 0 Å². The maximum atomic E-state index is 12.1. The Morgan fingerprint density at radius 3 is 3.20 bits per heavy atom. The van der Waals surface area contributed by atoms with Crippen LogP contribution in [0.3, 0.4) is 0 Å². The number of hydrogen-bond acceptors (Lipinski definition) is 5. The van der Waals surface area contributed by atoms with E-state index in [0.717, 1.165) is 19.5 Å². The summed E-state index contributed by atoms with van der Waals surface area (Å²) < 4.78 is 10.2. The first-order valence-corrected chi connectivity index (χ1v) is 7.79. The molecule has 1 aromatic heterocycles. The van der Waals surface area contributed by atoms with Crippen molar-refractivity contribution in [3.8, 4) is 0 Å². The quantitative estimate of drug-likeness (QED) is 0.724. The van der Waals surface area contributed by atoms with Gasteiger partial charge in [-0.25, -0.2) is 0 Å². The van der Waals surface area contributed by atoms with Crippen molar-refractivity contribution in [3.05, 3.63) is 21.9 Å². The summed E-state index contributed by atoms with van der Waals surface area (Å²) in [4.78, 5) is 15.4. The summed E-state index contributed by atoms with van der Waals surface area (Å²) >= 11 is 1.79. The fourth-order valence-corrected chi connectivity index (χ4v) is 3.05. The third-order valence-corrected chi connectivity index (χ3v) is 4.31. The normalized spacial score (nSPS) is 14.3. The average Bonchev–Trinajstić information content (AvgIpc) is 2.93. The summed E-state index contributed by atoms with van der Waals surface area (Å²) in [6, 6.07) is 2.12. The van der Waals surface area contributed by atoms with Crippen LogP contribution < -0.4 is 5.32 Å². The molecule has 1 aliphatic heterocycles. The van der Waals surface area contributed by atoms with Gasteiger partial charge in [0.05, 0.1) is 26.4 Å². The lowest BCUT2D eigenvalue weighted by Crippen LogP contribution is -2.41. The molecule has 1 aliphatic rings. The predicted octanol–water partition coefficient (Wildman–Crippen LogP) is 0.885. The first-order valence-electron chi connectivity index (χ1n) is 6.91. The van der Waals surface area contributed by atoms with E-state index in [1.165, 1.54) is 10.4 Å². The highest BCUT2D eigenvalue weighted by Gasteiger charge is 2.20. The standard InChI is InChI=1S/C14H22N2O3S/c1-18-7-8-19-6-4-15-10-14(17)16-5-2-13-12(11-16)3-9-20-13/h3,9,15H,2,4-8,10-11H2,1H3. The van der Waals surface area contributed by atoms with Crippen molar-refractivity contribution in [2.75, 3.05) is 46.6 Å². The van der Waals surface area contributed by atoms with Crippen molar-refractivity contribution in [1.29, 1.82) is 0 Å². The van der Waals surface area contributed by atoms with Gasteiger partial charge in [0.2, 0.25) is 5.91 Å². The van der Waals surface area contributed by atoms with Crippen molar-refractivity contribution in [1.82, 2.24) is 10.2 Å². The van der Waals surface area contributed by atoms with Crippen LogP contribution in [0.1, 0.15) is 10.4 Å². The zero-order chi connectivity index (χ0) is 14.2. The average molecular weight is 298 g/mol. The first kappa shape index (κ1) is 15.4. The molecule has 0 saturated carbocycles. The van der Waals surface area contributed by atoms with Gasteiger partial charge in [-0.05, 0) is 23.4 Å². The molecule has 0 atom stereocenters. The van der Waals surface area contributed by atoms with Crippen molar-refractivity contribution in [2.24, 2.45) is 0 Å². The van der Waals surface area contributed by atoms with E-state index in [9.17, 15) is 4.79 Å². The van der Waals surface area contributed by atoms with E-state index in [1.807, 2.05) is 4.90 Å². The van der Waals surface area contributed by atoms with Crippen LogP contribution in [-0.4, -0.2) is 57.4 Å². The molecular formula is C14H22N2O3S. The SMILES string of the molecule is COCCOCCNCC(=O)N1CCc2sccc2C1. The van der Waals surface area contributed by atoms with Crippen molar-refractivity contribution >= 4 is 17.2 Å². The number of thiophene rings is 1.